The number of fused-ring (bicyclic) bond motifs is 6. The molecule has 1 aliphatic rings. The lowest BCUT2D eigenvalue weighted by atomic mass is 9.90. The molecule has 0 unspecified atom stereocenters. The van der Waals surface area contributed by atoms with Crippen molar-refractivity contribution in [3.63, 3.8) is 0 Å². The van der Waals surface area contributed by atoms with E-state index in [1.165, 1.54) is 6.07 Å². The van der Waals surface area contributed by atoms with Crippen LogP contribution in [0.3, 0.4) is 0 Å². The molecule has 7 rings (SSSR count). The van der Waals surface area contributed by atoms with Crippen LogP contribution >= 0.6 is 0 Å². The van der Waals surface area contributed by atoms with Gasteiger partial charge >= 0.3 is 0 Å². The Kier molecular flexibility index (Phi) is 4.91. The molecule has 1 heterocycles. The second-order valence-corrected chi connectivity index (χ2v) is 9.43. The van der Waals surface area contributed by atoms with Gasteiger partial charge in [-0.1, -0.05) is 60.7 Å². The second kappa shape index (κ2) is 8.61. The van der Waals surface area contributed by atoms with Crippen molar-refractivity contribution < 1.29 is 0 Å². The number of benzene rings is 5. The molecule has 6 aromatic rings. The molecule has 0 N–H and O–H groups in total. The van der Waals surface area contributed by atoms with Gasteiger partial charge in [-0.05, 0) is 62.5 Å². The number of hydrogen-bond donors (Lipinski definition) is 0. The predicted molar refractivity (Wildman–Crippen MR) is 153 cm³/mol. The average Bonchev–Trinajstić information content (AvgIpc) is 3.30. The second-order valence-electron chi connectivity index (χ2n) is 9.43. The smallest absolute Gasteiger partial charge is 0.245 e. The molecule has 0 radical (unpaired) electrons. The van der Waals surface area contributed by atoms with Gasteiger partial charge in [-0.15, -0.1) is 0 Å². The molecule has 0 bridgehead atoms. The van der Waals surface area contributed by atoms with Gasteiger partial charge in [-0.25, -0.2) is 20.1 Å². The topological polar surface area (TPSA) is 102 Å². The zero-order chi connectivity index (χ0) is 27.4. The van der Waals surface area contributed by atoms with Gasteiger partial charge in [0.2, 0.25) is 0 Å². The average molecular weight is 507 g/mol. The van der Waals surface area contributed by atoms with Crippen molar-refractivity contribution in [3.8, 4) is 40.6 Å². The Bertz CT molecular complexity index is 2250. The first kappa shape index (κ1) is 22.8. The van der Waals surface area contributed by atoms with Crippen LogP contribution < -0.4 is 0 Å². The number of aromatic nitrogens is 2. The summed E-state index contributed by atoms with van der Waals surface area (Å²) >= 11 is 0. The van der Waals surface area contributed by atoms with Crippen LogP contribution in [-0.4, -0.2) is 9.97 Å². The minimum Gasteiger partial charge on any atom is -0.245 e. The highest BCUT2D eigenvalue weighted by Gasteiger charge is 2.31. The summed E-state index contributed by atoms with van der Waals surface area (Å²) in [5, 5.41) is 33.4. The van der Waals surface area contributed by atoms with Crippen LogP contribution in [0.15, 0.2) is 90.6 Å². The van der Waals surface area contributed by atoms with Crippen LogP contribution in [-0.2, 0) is 0 Å². The Balaban J connectivity index is 1.56. The third kappa shape index (κ3) is 3.19. The standard InChI is InChI=1S/C34H14N6/c1-38-30(18-37)32-27-13-21(31-24-8-4-2-6-19(24)12-20-7-3-5-9-25(20)31)10-11-26(27)33-34(32)40-29-15-23(17-36)22(16-35)14-28(29)39-33/h2-15H/b32-30+. The van der Waals surface area contributed by atoms with E-state index in [9.17, 15) is 15.8 Å². The molecule has 0 aliphatic heterocycles. The molecule has 180 valence electrons. The van der Waals surface area contributed by atoms with Crippen molar-refractivity contribution >= 4 is 38.2 Å². The monoisotopic (exact) mass is 506 g/mol. The maximum absolute atomic E-state index is 9.92. The number of nitrogens with zero attached hydrogens (tertiary/aromatic N) is 6. The minimum absolute atomic E-state index is 0.0808. The molecule has 6 heteroatoms. The van der Waals surface area contributed by atoms with E-state index in [4.69, 9.17) is 16.5 Å². The lowest BCUT2D eigenvalue weighted by Gasteiger charge is -2.13. The number of nitriles is 3. The Hall–Kier alpha value is -6.34. The van der Waals surface area contributed by atoms with Crippen LogP contribution in [0, 0.1) is 40.6 Å². The van der Waals surface area contributed by atoms with E-state index in [0.717, 1.165) is 38.2 Å². The highest BCUT2D eigenvalue weighted by atomic mass is 14.9. The number of rotatable bonds is 1. The SMILES string of the molecule is [C-]#[N+]/C(C#N)=C1\c2cc(-c3c4ccccc4cc4ccccc34)ccc2-c2nc3cc(C#N)c(C#N)cc3nc21. The fourth-order valence-electron chi connectivity index (χ4n) is 5.59. The van der Waals surface area contributed by atoms with Gasteiger partial charge in [0.15, 0.2) is 0 Å². The Labute approximate surface area is 228 Å². The molecule has 0 saturated heterocycles. The van der Waals surface area contributed by atoms with Crippen LogP contribution in [0.5, 0.6) is 0 Å². The van der Waals surface area contributed by atoms with E-state index in [2.05, 4.69) is 35.2 Å². The predicted octanol–water partition coefficient (Wildman–Crippen LogP) is 7.53. The third-order valence-electron chi connectivity index (χ3n) is 7.34. The van der Waals surface area contributed by atoms with Crippen LogP contribution in [0.2, 0.25) is 0 Å². The molecule has 1 aromatic heterocycles. The lowest BCUT2D eigenvalue weighted by Crippen LogP contribution is -1.96. The summed E-state index contributed by atoms with van der Waals surface area (Å²) in [6.07, 6.45) is 0. The molecule has 40 heavy (non-hydrogen) atoms. The normalized spacial score (nSPS) is 12.7. The van der Waals surface area contributed by atoms with Gasteiger partial charge in [0.05, 0.1) is 46.2 Å². The molecule has 0 atom stereocenters. The van der Waals surface area contributed by atoms with E-state index in [1.807, 2.05) is 60.7 Å². The van der Waals surface area contributed by atoms with Gasteiger partial charge in [0.1, 0.15) is 12.1 Å². The third-order valence-corrected chi connectivity index (χ3v) is 7.34. The summed E-state index contributed by atoms with van der Waals surface area (Å²) < 4.78 is 0. The zero-order valence-electron chi connectivity index (χ0n) is 20.8. The number of hydrogen-bond acceptors (Lipinski definition) is 5. The highest BCUT2D eigenvalue weighted by Crippen LogP contribution is 2.47. The Morgan fingerprint density at radius 1 is 0.675 bits per heavy atom. The van der Waals surface area contributed by atoms with Gasteiger partial charge in [0, 0.05) is 11.1 Å². The van der Waals surface area contributed by atoms with E-state index >= 15 is 0 Å². The van der Waals surface area contributed by atoms with Crippen molar-refractivity contribution in [3.05, 3.63) is 124 Å². The number of allylic oxidation sites excluding steroid dienone is 1. The summed E-state index contributed by atoms with van der Waals surface area (Å²) in [5.41, 5.74) is 6.07. The lowest BCUT2D eigenvalue weighted by molar-refractivity contribution is 1.27. The largest absolute Gasteiger partial charge is 0.271 e. The summed E-state index contributed by atoms with van der Waals surface area (Å²) in [6, 6.07) is 33.9. The molecule has 0 saturated carbocycles. The van der Waals surface area contributed by atoms with Crippen LogP contribution in [0.25, 0.3) is 65.4 Å². The van der Waals surface area contributed by atoms with E-state index in [0.29, 0.717) is 33.6 Å². The maximum Gasteiger partial charge on any atom is 0.271 e. The Morgan fingerprint density at radius 3 is 1.85 bits per heavy atom. The molecule has 5 aromatic carbocycles. The summed E-state index contributed by atoms with van der Waals surface area (Å²) in [4.78, 5) is 13.1. The summed E-state index contributed by atoms with van der Waals surface area (Å²) in [5.74, 6) is 0. The van der Waals surface area contributed by atoms with Crippen molar-refractivity contribution in [2.24, 2.45) is 0 Å². The van der Waals surface area contributed by atoms with Crippen LogP contribution in [0.1, 0.15) is 22.4 Å². The Morgan fingerprint density at radius 2 is 1.27 bits per heavy atom. The fourth-order valence-corrected chi connectivity index (χ4v) is 5.59. The summed E-state index contributed by atoms with van der Waals surface area (Å²) in [7, 11) is 0. The first-order chi connectivity index (χ1) is 19.6. The van der Waals surface area contributed by atoms with E-state index in [-0.39, 0.29) is 16.8 Å². The van der Waals surface area contributed by atoms with Crippen molar-refractivity contribution in [1.29, 1.82) is 15.8 Å². The minimum atomic E-state index is -0.0808. The van der Waals surface area contributed by atoms with Gasteiger partial charge < -0.3 is 0 Å². The molecule has 6 nitrogen and oxygen atoms in total. The fraction of sp³-hybridized carbons (Fsp3) is 0. The molecule has 0 fully saturated rings. The van der Waals surface area contributed by atoms with Crippen molar-refractivity contribution in [2.45, 2.75) is 0 Å². The first-order valence-corrected chi connectivity index (χ1v) is 12.4. The van der Waals surface area contributed by atoms with E-state index < -0.39 is 0 Å². The van der Waals surface area contributed by atoms with Crippen molar-refractivity contribution in [1.82, 2.24) is 9.97 Å². The van der Waals surface area contributed by atoms with Gasteiger partial charge in [-0.3, -0.25) is 0 Å². The molecule has 0 amide bonds. The molecular formula is C34H14N6. The van der Waals surface area contributed by atoms with E-state index in [1.54, 1.807) is 6.07 Å². The van der Waals surface area contributed by atoms with Crippen LogP contribution in [0.4, 0.5) is 0 Å². The molecule has 0 spiro atoms. The molecular weight excluding hydrogens is 492 g/mol. The first-order valence-electron chi connectivity index (χ1n) is 12.4. The zero-order valence-corrected chi connectivity index (χ0v) is 20.8. The maximum atomic E-state index is 9.92. The van der Waals surface area contributed by atoms with Gasteiger partial charge in [-0.2, -0.15) is 10.5 Å². The highest BCUT2D eigenvalue weighted by molar-refractivity contribution is 6.13. The van der Waals surface area contributed by atoms with Crippen molar-refractivity contribution in [2.75, 3.05) is 0 Å². The van der Waals surface area contributed by atoms with Gasteiger partial charge in [0.25, 0.3) is 5.70 Å². The quantitative estimate of drug-likeness (QED) is 0.130. The summed E-state index contributed by atoms with van der Waals surface area (Å²) in [6.45, 7) is 7.74. The molecule has 1 aliphatic carbocycles.